The van der Waals surface area contributed by atoms with Crippen LogP contribution >= 0.6 is 0 Å². The van der Waals surface area contributed by atoms with E-state index in [1.165, 1.54) is 48.9 Å². The van der Waals surface area contributed by atoms with E-state index in [4.69, 9.17) is 9.72 Å². The minimum absolute atomic E-state index is 0.869. The molecule has 0 radical (unpaired) electrons. The van der Waals surface area contributed by atoms with Gasteiger partial charge in [-0.3, -0.25) is 0 Å². The van der Waals surface area contributed by atoms with Gasteiger partial charge in [-0.05, 0) is 57.2 Å². The smallest absolute Gasteiger partial charge is 0.133 e. The maximum Gasteiger partial charge on any atom is 0.133 e. The summed E-state index contributed by atoms with van der Waals surface area (Å²) in [7, 11) is 1.77. The predicted octanol–water partition coefficient (Wildman–Crippen LogP) is 4.13. The topological polar surface area (TPSA) is 37.4 Å². The van der Waals surface area contributed by atoms with Gasteiger partial charge < -0.3 is 15.0 Å². The summed E-state index contributed by atoms with van der Waals surface area (Å²) in [5, 5.41) is 4.85. The number of nitrogens with one attached hydrogen (secondary N) is 1. The van der Waals surface area contributed by atoms with Crippen LogP contribution in [0.1, 0.15) is 44.1 Å². The number of unbranched alkanes of at least 4 members (excludes halogenated alkanes) is 2. The van der Waals surface area contributed by atoms with Crippen LogP contribution in [-0.4, -0.2) is 38.3 Å². The minimum atomic E-state index is 0.869. The van der Waals surface area contributed by atoms with Crippen LogP contribution in [0.15, 0.2) is 30.3 Å². The Morgan fingerprint density at radius 2 is 1.92 bits per heavy atom. The lowest BCUT2D eigenvalue weighted by atomic mass is 10.1. The van der Waals surface area contributed by atoms with E-state index < -0.39 is 0 Å². The summed E-state index contributed by atoms with van der Waals surface area (Å²) in [6.07, 6.45) is 7.47. The zero-order valence-electron chi connectivity index (χ0n) is 15.5. The van der Waals surface area contributed by atoms with E-state index in [0.717, 1.165) is 44.7 Å². The molecule has 0 atom stereocenters. The van der Waals surface area contributed by atoms with Crippen LogP contribution < -0.4 is 10.2 Å². The molecule has 0 unspecified atom stereocenters. The van der Waals surface area contributed by atoms with Gasteiger partial charge in [0.05, 0.1) is 5.52 Å². The maximum atomic E-state index is 5.11. The highest BCUT2D eigenvalue weighted by Crippen LogP contribution is 2.26. The van der Waals surface area contributed by atoms with Gasteiger partial charge >= 0.3 is 0 Å². The van der Waals surface area contributed by atoms with E-state index >= 15 is 0 Å². The Labute approximate surface area is 151 Å². The van der Waals surface area contributed by atoms with Crippen molar-refractivity contribution in [3.8, 4) is 0 Å². The minimum Gasteiger partial charge on any atom is -0.385 e. The standard InChI is InChI=1S/C21H31N3O/c1-25-15-9-2-6-12-22-17-19-16-18-10-4-5-11-20(18)23-21(19)24-13-7-3-8-14-24/h4-5,10-11,16,22H,2-3,6-9,12-15,17H2,1H3. The van der Waals surface area contributed by atoms with Gasteiger partial charge in [-0.2, -0.15) is 0 Å². The van der Waals surface area contributed by atoms with Crippen LogP contribution in [0.25, 0.3) is 10.9 Å². The number of para-hydroxylation sites is 1. The van der Waals surface area contributed by atoms with Crippen molar-refractivity contribution in [2.45, 2.75) is 45.1 Å². The second kappa shape index (κ2) is 9.73. The molecule has 0 aliphatic carbocycles. The third kappa shape index (κ3) is 5.16. The third-order valence-electron chi connectivity index (χ3n) is 4.95. The molecule has 0 saturated carbocycles. The lowest BCUT2D eigenvalue weighted by Crippen LogP contribution is -2.31. The second-order valence-electron chi connectivity index (χ2n) is 6.94. The van der Waals surface area contributed by atoms with Gasteiger partial charge in [-0.15, -0.1) is 0 Å². The molecule has 1 aromatic heterocycles. The number of benzene rings is 1. The molecule has 25 heavy (non-hydrogen) atoms. The number of methoxy groups -OCH3 is 1. The number of hydrogen-bond donors (Lipinski definition) is 1. The zero-order valence-corrected chi connectivity index (χ0v) is 15.5. The average Bonchev–Trinajstić information content (AvgIpc) is 2.67. The molecular weight excluding hydrogens is 310 g/mol. The van der Waals surface area contributed by atoms with Crippen molar-refractivity contribution >= 4 is 16.7 Å². The van der Waals surface area contributed by atoms with Gasteiger partial charge in [0.2, 0.25) is 0 Å². The first-order valence-electron chi connectivity index (χ1n) is 9.72. The highest BCUT2D eigenvalue weighted by atomic mass is 16.5. The number of nitrogens with zero attached hydrogens (tertiary/aromatic N) is 2. The Morgan fingerprint density at radius 1 is 1.08 bits per heavy atom. The fraction of sp³-hybridized carbons (Fsp3) is 0.571. The lowest BCUT2D eigenvalue weighted by Gasteiger charge is -2.30. The number of piperidine rings is 1. The average molecular weight is 341 g/mol. The Balaban J connectivity index is 1.66. The van der Waals surface area contributed by atoms with Crippen molar-refractivity contribution < 1.29 is 4.74 Å². The van der Waals surface area contributed by atoms with Crippen molar-refractivity contribution in [3.05, 3.63) is 35.9 Å². The van der Waals surface area contributed by atoms with Crippen LogP contribution in [0.3, 0.4) is 0 Å². The molecule has 4 heteroatoms. The van der Waals surface area contributed by atoms with Crippen LogP contribution in [-0.2, 0) is 11.3 Å². The van der Waals surface area contributed by atoms with Crippen molar-refractivity contribution in [2.75, 3.05) is 38.3 Å². The molecule has 0 bridgehead atoms. The van der Waals surface area contributed by atoms with Gasteiger partial charge in [0, 0.05) is 44.3 Å². The largest absolute Gasteiger partial charge is 0.385 e. The first-order valence-corrected chi connectivity index (χ1v) is 9.72. The lowest BCUT2D eigenvalue weighted by molar-refractivity contribution is 0.192. The van der Waals surface area contributed by atoms with Crippen LogP contribution in [0, 0.1) is 0 Å². The highest BCUT2D eigenvalue weighted by Gasteiger charge is 2.16. The fourth-order valence-corrected chi connectivity index (χ4v) is 3.56. The summed E-state index contributed by atoms with van der Waals surface area (Å²) in [6.45, 7) is 5.09. The second-order valence-corrected chi connectivity index (χ2v) is 6.94. The molecule has 3 rings (SSSR count). The van der Waals surface area contributed by atoms with E-state index in [9.17, 15) is 0 Å². The molecule has 1 fully saturated rings. The number of fused-ring (bicyclic) bond motifs is 1. The van der Waals surface area contributed by atoms with E-state index in [-0.39, 0.29) is 0 Å². The Bertz CT molecular complexity index is 653. The number of rotatable bonds is 9. The quantitative estimate of drug-likeness (QED) is 0.696. The highest BCUT2D eigenvalue weighted by molar-refractivity contribution is 5.81. The summed E-state index contributed by atoms with van der Waals surface area (Å²) in [5.74, 6) is 1.19. The molecule has 136 valence electrons. The monoisotopic (exact) mass is 341 g/mol. The molecule has 4 nitrogen and oxygen atoms in total. The summed E-state index contributed by atoms with van der Waals surface area (Å²) >= 11 is 0. The number of hydrogen-bond acceptors (Lipinski definition) is 4. The van der Waals surface area contributed by atoms with Crippen molar-refractivity contribution in [1.29, 1.82) is 0 Å². The Morgan fingerprint density at radius 3 is 2.76 bits per heavy atom. The van der Waals surface area contributed by atoms with Crippen LogP contribution in [0.4, 0.5) is 5.82 Å². The summed E-state index contributed by atoms with van der Waals surface area (Å²) in [5.41, 5.74) is 2.43. The van der Waals surface area contributed by atoms with Gasteiger partial charge in [0.1, 0.15) is 5.82 Å². The molecule has 1 saturated heterocycles. The molecule has 0 spiro atoms. The first kappa shape index (κ1) is 18.2. The van der Waals surface area contributed by atoms with Crippen molar-refractivity contribution in [1.82, 2.24) is 10.3 Å². The van der Waals surface area contributed by atoms with Gasteiger partial charge in [-0.1, -0.05) is 18.2 Å². The van der Waals surface area contributed by atoms with E-state index in [1.807, 2.05) is 0 Å². The Kier molecular flexibility index (Phi) is 7.07. The van der Waals surface area contributed by atoms with E-state index in [2.05, 4.69) is 40.5 Å². The third-order valence-corrected chi connectivity index (χ3v) is 4.95. The zero-order chi connectivity index (χ0) is 17.3. The van der Waals surface area contributed by atoms with Crippen molar-refractivity contribution in [2.24, 2.45) is 0 Å². The van der Waals surface area contributed by atoms with Crippen LogP contribution in [0.5, 0.6) is 0 Å². The normalized spacial score (nSPS) is 15.0. The van der Waals surface area contributed by atoms with Crippen molar-refractivity contribution in [3.63, 3.8) is 0 Å². The summed E-state index contributed by atoms with van der Waals surface area (Å²) in [4.78, 5) is 7.49. The number of pyridine rings is 1. The van der Waals surface area contributed by atoms with Gasteiger partial charge in [0.25, 0.3) is 0 Å². The SMILES string of the molecule is COCCCCCNCc1cc2ccccc2nc1N1CCCCC1. The summed E-state index contributed by atoms with van der Waals surface area (Å²) in [6, 6.07) is 10.8. The molecular formula is C21H31N3O. The van der Waals surface area contributed by atoms with E-state index in [0.29, 0.717) is 0 Å². The van der Waals surface area contributed by atoms with Crippen LogP contribution in [0.2, 0.25) is 0 Å². The molecule has 2 aromatic rings. The molecule has 1 aliphatic rings. The molecule has 2 heterocycles. The fourth-order valence-electron chi connectivity index (χ4n) is 3.56. The number of aromatic nitrogens is 1. The van der Waals surface area contributed by atoms with Gasteiger partial charge in [0.15, 0.2) is 0 Å². The Hall–Kier alpha value is -1.65. The molecule has 0 amide bonds. The first-order chi connectivity index (χ1) is 12.4. The maximum absolute atomic E-state index is 5.11. The summed E-state index contributed by atoms with van der Waals surface area (Å²) < 4.78 is 5.11. The molecule has 1 aliphatic heterocycles. The van der Waals surface area contributed by atoms with Gasteiger partial charge in [-0.25, -0.2) is 4.98 Å². The molecule has 1 N–H and O–H groups in total. The number of anilines is 1. The molecule has 1 aromatic carbocycles. The predicted molar refractivity (Wildman–Crippen MR) is 105 cm³/mol. The number of ether oxygens (including phenoxy) is 1. The van der Waals surface area contributed by atoms with E-state index in [1.54, 1.807) is 7.11 Å².